The second kappa shape index (κ2) is 7.33. The molecule has 2 atom stereocenters. The van der Waals surface area contributed by atoms with Crippen LogP contribution in [0.3, 0.4) is 0 Å². The van der Waals surface area contributed by atoms with Crippen molar-refractivity contribution in [3.8, 4) is 11.5 Å². The van der Waals surface area contributed by atoms with E-state index in [0.717, 1.165) is 25.7 Å². The van der Waals surface area contributed by atoms with Crippen molar-refractivity contribution < 1.29 is 23.8 Å². The van der Waals surface area contributed by atoms with Crippen LogP contribution in [-0.4, -0.2) is 30.1 Å². The molecule has 1 aromatic carbocycles. The smallest absolute Gasteiger partial charge is 0.304 e. The zero-order valence-electron chi connectivity index (χ0n) is 15.0. The molecule has 2 aliphatic heterocycles. The van der Waals surface area contributed by atoms with Gasteiger partial charge in [0.2, 0.25) is 13.0 Å². The van der Waals surface area contributed by atoms with Gasteiger partial charge in [-0.3, -0.25) is 14.5 Å². The highest BCUT2D eigenvalue weighted by Crippen LogP contribution is 2.43. The molecule has 1 aromatic rings. The summed E-state index contributed by atoms with van der Waals surface area (Å²) in [4.78, 5) is 26.1. The van der Waals surface area contributed by atoms with E-state index in [9.17, 15) is 9.59 Å². The maximum Gasteiger partial charge on any atom is 0.304 e. The zero-order valence-corrected chi connectivity index (χ0v) is 15.0. The number of hydrogen-bond acceptors (Lipinski definition) is 5. The molecule has 0 bridgehead atoms. The van der Waals surface area contributed by atoms with Crippen LogP contribution in [0.1, 0.15) is 68.6 Å². The Labute approximate surface area is 148 Å². The van der Waals surface area contributed by atoms with Crippen molar-refractivity contribution in [2.45, 2.75) is 52.7 Å². The van der Waals surface area contributed by atoms with Crippen molar-refractivity contribution in [3.63, 3.8) is 0 Å². The molecule has 6 nitrogen and oxygen atoms in total. The van der Waals surface area contributed by atoms with Crippen LogP contribution in [0.4, 0.5) is 0 Å². The number of esters is 1. The van der Waals surface area contributed by atoms with Crippen molar-refractivity contribution in [1.29, 1.82) is 0 Å². The third-order valence-electron chi connectivity index (χ3n) is 4.92. The lowest BCUT2D eigenvalue weighted by molar-refractivity contribution is -0.153. The Bertz CT molecular complexity index is 672. The van der Waals surface area contributed by atoms with Gasteiger partial charge in [-0.1, -0.05) is 33.1 Å². The maximum atomic E-state index is 12.9. The SMILES string of the molecule is CCCC(CC)CCN1C(=O)c2cc3c(cc2C1OC(C)=O)OCO3. The van der Waals surface area contributed by atoms with Crippen LogP contribution in [0.5, 0.6) is 11.5 Å². The number of carbonyl (C=O) groups is 2. The Morgan fingerprint density at radius 2 is 2.00 bits per heavy atom. The first-order valence-electron chi connectivity index (χ1n) is 8.96. The van der Waals surface area contributed by atoms with Crippen LogP contribution in [0.15, 0.2) is 12.1 Å². The van der Waals surface area contributed by atoms with Gasteiger partial charge in [0.15, 0.2) is 11.5 Å². The van der Waals surface area contributed by atoms with E-state index in [1.165, 1.54) is 6.92 Å². The van der Waals surface area contributed by atoms with Crippen LogP contribution in [0, 0.1) is 5.92 Å². The predicted molar refractivity (Wildman–Crippen MR) is 91.4 cm³/mol. The molecule has 0 aliphatic carbocycles. The molecule has 0 spiro atoms. The molecule has 6 heteroatoms. The standard InChI is InChI=1S/C19H25NO5/c1-4-6-13(5-2)7-8-20-18(22)14-9-16-17(24-11-23-16)10-15(14)19(20)25-12(3)21/h9-10,13,19H,4-8,11H2,1-3H3. The lowest BCUT2D eigenvalue weighted by Gasteiger charge is -2.26. The van der Waals surface area contributed by atoms with Gasteiger partial charge in [-0.25, -0.2) is 0 Å². The molecule has 3 rings (SSSR count). The molecule has 136 valence electrons. The summed E-state index contributed by atoms with van der Waals surface area (Å²) < 4.78 is 16.2. The first kappa shape index (κ1) is 17.6. The first-order chi connectivity index (χ1) is 12.0. The molecular formula is C19H25NO5. The lowest BCUT2D eigenvalue weighted by Crippen LogP contribution is -2.32. The summed E-state index contributed by atoms with van der Waals surface area (Å²) in [6.07, 6.45) is 3.56. The van der Waals surface area contributed by atoms with E-state index in [0.29, 0.717) is 35.1 Å². The molecule has 0 N–H and O–H groups in total. The Balaban J connectivity index is 1.84. The van der Waals surface area contributed by atoms with E-state index in [1.807, 2.05) is 0 Å². The summed E-state index contributed by atoms with van der Waals surface area (Å²) in [7, 11) is 0. The van der Waals surface area contributed by atoms with Gasteiger partial charge in [0.05, 0.1) is 5.56 Å². The number of nitrogens with zero attached hydrogens (tertiary/aromatic N) is 1. The molecule has 2 heterocycles. The summed E-state index contributed by atoms with van der Waals surface area (Å²) >= 11 is 0. The summed E-state index contributed by atoms with van der Waals surface area (Å²) in [6.45, 7) is 6.41. The van der Waals surface area contributed by atoms with Gasteiger partial charge >= 0.3 is 5.97 Å². The Morgan fingerprint density at radius 3 is 2.64 bits per heavy atom. The number of fused-ring (bicyclic) bond motifs is 2. The zero-order chi connectivity index (χ0) is 18.0. The van der Waals surface area contributed by atoms with Gasteiger partial charge in [-0.05, 0) is 24.5 Å². The summed E-state index contributed by atoms with van der Waals surface area (Å²) in [5.41, 5.74) is 1.20. The minimum Gasteiger partial charge on any atom is -0.454 e. The molecule has 2 aliphatic rings. The minimum atomic E-state index is -0.686. The Hall–Kier alpha value is -2.24. The van der Waals surface area contributed by atoms with Gasteiger partial charge in [0.25, 0.3) is 5.91 Å². The molecule has 2 unspecified atom stereocenters. The number of amides is 1. The molecule has 0 fully saturated rings. The number of rotatable bonds is 7. The van der Waals surface area contributed by atoms with Gasteiger partial charge in [-0.2, -0.15) is 0 Å². The van der Waals surface area contributed by atoms with E-state index in [1.54, 1.807) is 17.0 Å². The van der Waals surface area contributed by atoms with Crippen LogP contribution < -0.4 is 9.47 Å². The monoisotopic (exact) mass is 347 g/mol. The van der Waals surface area contributed by atoms with E-state index in [-0.39, 0.29) is 12.7 Å². The average Bonchev–Trinajstić information content (AvgIpc) is 3.13. The fraction of sp³-hybridized carbons (Fsp3) is 0.579. The molecule has 25 heavy (non-hydrogen) atoms. The van der Waals surface area contributed by atoms with Crippen molar-refractivity contribution >= 4 is 11.9 Å². The van der Waals surface area contributed by atoms with Crippen LogP contribution in [-0.2, 0) is 9.53 Å². The molecular weight excluding hydrogens is 322 g/mol. The number of carbonyl (C=O) groups excluding carboxylic acids is 2. The quantitative estimate of drug-likeness (QED) is 0.705. The molecule has 0 aromatic heterocycles. The molecule has 0 saturated carbocycles. The second-order valence-corrected chi connectivity index (χ2v) is 6.60. The predicted octanol–water partition coefficient (Wildman–Crippen LogP) is 3.65. The van der Waals surface area contributed by atoms with Crippen molar-refractivity contribution in [2.24, 2.45) is 5.92 Å². The van der Waals surface area contributed by atoms with E-state index in [4.69, 9.17) is 14.2 Å². The molecule has 0 radical (unpaired) electrons. The third kappa shape index (κ3) is 3.43. The number of benzene rings is 1. The van der Waals surface area contributed by atoms with Gasteiger partial charge in [-0.15, -0.1) is 0 Å². The van der Waals surface area contributed by atoms with Crippen molar-refractivity contribution in [2.75, 3.05) is 13.3 Å². The first-order valence-corrected chi connectivity index (χ1v) is 8.96. The summed E-state index contributed by atoms with van der Waals surface area (Å²) in [5, 5.41) is 0. The van der Waals surface area contributed by atoms with E-state index >= 15 is 0 Å². The van der Waals surface area contributed by atoms with Crippen molar-refractivity contribution in [3.05, 3.63) is 23.3 Å². The molecule has 1 amide bonds. The van der Waals surface area contributed by atoms with Crippen LogP contribution >= 0.6 is 0 Å². The van der Waals surface area contributed by atoms with Gasteiger partial charge < -0.3 is 14.2 Å². The van der Waals surface area contributed by atoms with Gasteiger partial charge in [0.1, 0.15) is 0 Å². The minimum absolute atomic E-state index is 0.120. The average molecular weight is 347 g/mol. The fourth-order valence-corrected chi connectivity index (χ4v) is 3.56. The summed E-state index contributed by atoms with van der Waals surface area (Å²) in [5.74, 6) is 1.19. The Kier molecular flexibility index (Phi) is 5.16. The highest BCUT2D eigenvalue weighted by Gasteiger charge is 2.40. The highest BCUT2D eigenvalue weighted by atomic mass is 16.7. The van der Waals surface area contributed by atoms with Crippen molar-refractivity contribution in [1.82, 2.24) is 4.90 Å². The largest absolute Gasteiger partial charge is 0.454 e. The Morgan fingerprint density at radius 1 is 1.28 bits per heavy atom. The lowest BCUT2D eigenvalue weighted by atomic mass is 9.97. The topological polar surface area (TPSA) is 65.1 Å². The normalized spacial score (nSPS) is 19.1. The fourth-order valence-electron chi connectivity index (χ4n) is 3.56. The highest BCUT2D eigenvalue weighted by molar-refractivity contribution is 6.00. The number of ether oxygens (including phenoxy) is 3. The van der Waals surface area contributed by atoms with E-state index < -0.39 is 12.2 Å². The molecule has 0 saturated heterocycles. The summed E-state index contributed by atoms with van der Waals surface area (Å²) in [6, 6.07) is 3.45. The second-order valence-electron chi connectivity index (χ2n) is 6.60. The third-order valence-corrected chi connectivity index (χ3v) is 4.92. The number of hydrogen-bond donors (Lipinski definition) is 0. The van der Waals surface area contributed by atoms with Crippen LogP contribution in [0.2, 0.25) is 0 Å². The van der Waals surface area contributed by atoms with Gasteiger partial charge in [0, 0.05) is 19.0 Å². The van der Waals surface area contributed by atoms with Crippen LogP contribution in [0.25, 0.3) is 0 Å². The van der Waals surface area contributed by atoms with E-state index in [2.05, 4.69) is 13.8 Å². The maximum absolute atomic E-state index is 12.9.